The van der Waals surface area contributed by atoms with Crippen LogP contribution in [0.5, 0.6) is 11.5 Å². The number of phenols is 2. The van der Waals surface area contributed by atoms with Crippen molar-refractivity contribution in [3.8, 4) is 11.5 Å². The summed E-state index contributed by atoms with van der Waals surface area (Å²) in [5.74, 6) is -0.0125. The molecule has 0 aromatic heterocycles. The van der Waals surface area contributed by atoms with E-state index in [1.54, 1.807) is 12.1 Å². The van der Waals surface area contributed by atoms with E-state index in [1.165, 1.54) is 5.56 Å². The van der Waals surface area contributed by atoms with Gasteiger partial charge in [0.25, 0.3) is 0 Å². The molecule has 0 heterocycles. The zero-order valence-corrected chi connectivity index (χ0v) is 8.95. The van der Waals surface area contributed by atoms with Crippen molar-refractivity contribution in [1.82, 2.24) is 5.32 Å². The number of benzene rings is 1. The maximum absolute atomic E-state index is 9.42. The molecule has 0 radical (unpaired) electrons. The minimum atomic E-state index is -0.00843. The Kier molecular flexibility index (Phi) is 2.82. The Balaban J connectivity index is 2.22. The molecule has 1 unspecified atom stereocenters. The summed E-state index contributed by atoms with van der Waals surface area (Å²) in [5, 5.41) is 22.2. The van der Waals surface area contributed by atoms with Crippen LogP contribution in [0.3, 0.4) is 0 Å². The van der Waals surface area contributed by atoms with E-state index in [0.29, 0.717) is 6.04 Å². The van der Waals surface area contributed by atoms with Crippen LogP contribution in [0, 0.1) is 0 Å². The van der Waals surface area contributed by atoms with Crippen LogP contribution in [0.4, 0.5) is 0 Å². The largest absolute Gasteiger partial charge is 0.504 e. The highest BCUT2D eigenvalue weighted by molar-refractivity contribution is 5.46. The summed E-state index contributed by atoms with van der Waals surface area (Å²) in [4.78, 5) is 0. The number of aromatic hydroxyl groups is 2. The van der Waals surface area contributed by atoms with Gasteiger partial charge in [-0.15, -0.1) is 0 Å². The molecule has 1 aromatic rings. The molecule has 1 aromatic carbocycles. The molecule has 1 atom stereocenters. The van der Waals surface area contributed by atoms with Crippen molar-refractivity contribution in [1.29, 1.82) is 0 Å². The van der Waals surface area contributed by atoms with Gasteiger partial charge in [-0.3, -0.25) is 0 Å². The van der Waals surface area contributed by atoms with Gasteiger partial charge in [-0.05, 0) is 49.1 Å². The fourth-order valence-corrected chi connectivity index (χ4v) is 2.25. The second-order valence-corrected chi connectivity index (χ2v) is 4.11. The van der Waals surface area contributed by atoms with Crippen LogP contribution in [0.25, 0.3) is 0 Å². The van der Waals surface area contributed by atoms with Crippen LogP contribution in [-0.4, -0.2) is 22.8 Å². The molecule has 1 aliphatic rings. The van der Waals surface area contributed by atoms with E-state index < -0.39 is 0 Å². The third-order valence-corrected chi connectivity index (χ3v) is 3.02. The molecule has 3 heteroatoms. The zero-order chi connectivity index (χ0) is 10.8. The maximum atomic E-state index is 9.42. The minimum Gasteiger partial charge on any atom is -0.504 e. The smallest absolute Gasteiger partial charge is 0.157 e. The Bertz CT molecular complexity index is 363. The molecule has 0 amide bonds. The molecule has 15 heavy (non-hydrogen) atoms. The lowest BCUT2D eigenvalue weighted by molar-refractivity contribution is 0.398. The monoisotopic (exact) mass is 207 g/mol. The minimum absolute atomic E-state index is 0.00403. The Morgan fingerprint density at radius 1 is 1.27 bits per heavy atom. The van der Waals surface area contributed by atoms with Crippen LogP contribution in [0.15, 0.2) is 12.1 Å². The highest BCUT2D eigenvalue weighted by atomic mass is 16.3. The van der Waals surface area contributed by atoms with Gasteiger partial charge in [0.1, 0.15) is 0 Å². The van der Waals surface area contributed by atoms with E-state index in [2.05, 4.69) is 12.2 Å². The molecular weight excluding hydrogens is 190 g/mol. The van der Waals surface area contributed by atoms with E-state index in [0.717, 1.165) is 31.4 Å². The molecule has 0 spiro atoms. The van der Waals surface area contributed by atoms with Gasteiger partial charge in [-0.2, -0.15) is 0 Å². The summed E-state index contributed by atoms with van der Waals surface area (Å²) in [6.07, 6.45) is 3.02. The maximum Gasteiger partial charge on any atom is 0.157 e. The van der Waals surface area contributed by atoms with Gasteiger partial charge in [-0.25, -0.2) is 0 Å². The lowest BCUT2D eigenvalue weighted by Gasteiger charge is -2.25. The van der Waals surface area contributed by atoms with Crippen molar-refractivity contribution in [3.05, 3.63) is 23.3 Å². The first-order valence-electron chi connectivity index (χ1n) is 5.47. The van der Waals surface area contributed by atoms with Gasteiger partial charge in [-0.1, -0.05) is 6.92 Å². The third-order valence-electron chi connectivity index (χ3n) is 3.02. The SMILES string of the molecule is CCNC1CCc2cc(O)c(O)cc2C1. The molecule has 1 aliphatic carbocycles. The number of hydrogen-bond donors (Lipinski definition) is 3. The summed E-state index contributed by atoms with van der Waals surface area (Å²) < 4.78 is 0. The van der Waals surface area contributed by atoms with Gasteiger partial charge in [0.15, 0.2) is 11.5 Å². The molecule has 3 N–H and O–H groups in total. The Morgan fingerprint density at radius 2 is 1.93 bits per heavy atom. The number of fused-ring (bicyclic) bond motifs is 1. The number of phenolic OH excluding ortho intramolecular Hbond substituents is 2. The standard InChI is InChI=1S/C12H17NO2/c1-2-13-10-4-3-8-6-11(14)12(15)7-9(8)5-10/h6-7,10,13-15H,2-5H2,1H3. The molecule has 0 aliphatic heterocycles. The molecular formula is C12H17NO2. The summed E-state index contributed by atoms with van der Waals surface area (Å²) >= 11 is 0. The third kappa shape index (κ3) is 2.07. The summed E-state index contributed by atoms with van der Waals surface area (Å²) in [6, 6.07) is 3.88. The van der Waals surface area contributed by atoms with E-state index in [9.17, 15) is 10.2 Å². The van der Waals surface area contributed by atoms with Crippen molar-refractivity contribution < 1.29 is 10.2 Å². The topological polar surface area (TPSA) is 52.5 Å². The quantitative estimate of drug-likeness (QED) is 0.645. The highest BCUT2D eigenvalue weighted by Crippen LogP contribution is 2.32. The summed E-state index contributed by atoms with van der Waals surface area (Å²) in [6.45, 7) is 3.08. The molecule has 0 bridgehead atoms. The fourth-order valence-electron chi connectivity index (χ4n) is 2.25. The molecule has 3 nitrogen and oxygen atoms in total. The summed E-state index contributed by atoms with van der Waals surface area (Å²) in [5.41, 5.74) is 2.32. The van der Waals surface area contributed by atoms with Crippen molar-refractivity contribution in [2.24, 2.45) is 0 Å². The average Bonchev–Trinajstić information content (AvgIpc) is 2.21. The van der Waals surface area contributed by atoms with Crippen LogP contribution in [0.2, 0.25) is 0 Å². The predicted octanol–water partition coefficient (Wildman–Crippen LogP) is 1.56. The van der Waals surface area contributed by atoms with Crippen molar-refractivity contribution >= 4 is 0 Å². The van der Waals surface area contributed by atoms with E-state index >= 15 is 0 Å². The number of rotatable bonds is 2. The number of nitrogens with one attached hydrogen (secondary N) is 1. The van der Waals surface area contributed by atoms with Gasteiger partial charge < -0.3 is 15.5 Å². The predicted molar refractivity (Wildman–Crippen MR) is 59.3 cm³/mol. The van der Waals surface area contributed by atoms with Gasteiger partial charge >= 0.3 is 0 Å². The number of hydrogen-bond acceptors (Lipinski definition) is 3. The van der Waals surface area contributed by atoms with Crippen LogP contribution < -0.4 is 5.32 Å². The number of aryl methyl sites for hydroxylation is 1. The first-order valence-corrected chi connectivity index (χ1v) is 5.47. The zero-order valence-electron chi connectivity index (χ0n) is 8.95. The summed E-state index contributed by atoms with van der Waals surface area (Å²) in [7, 11) is 0. The van der Waals surface area contributed by atoms with E-state index in [4.69, 9.17) is 0 Å². The van der Waals surface area contributed by atoms with Crippen molar-refractivity contribution in [2.45, 2.75) is 32.2 Å². The molecule has 82 valence electrons. The normalized spacial score (nSPS) is 19.9. The second-order valence-electron chi connectivity index (χ2n) is 4.11. The first-order chi connectivity index (χ1) is 7.20. The van der Waals surface area contributed by atoms with Crippen LogP contribution >= 0.6 is 0 Å². The molecule has 2 rings (SSSR count). The molecule has 0 fully saturated rings. The lowest BCUT2D eigenvalue weighted by Crippen LogP contribution is -2.34. The van der Waals surface area contributed by atoms with Gasteiger partial charge in [0, 0.05) is 6.04 Å². The molecule has 0 saturated heterocycles. The van der Waals surface area contributed by atoms with Crippen LogP contribution in [0.1, 0.15) is 24.5 Å². The van der Waals surface area contributed by atoms with Crippen LogP contribution in [-0.2, 0) is 12.8 Å². The van der Waals surface area contributed by atoms with E-state index in [-0.39, 0.29) is 11.5 Å². The van der Waals surface area contributed by atoms with Crippen molar-refractivity contribution in [2.75, 3.05) is 6.54 Å². The number of likely N-dealkylation sites (N-methyl/N-ethyl adjacent to an activating group) is 1. The Labute approximate surface area is 89.8 Å². The Hall–Kier alpha value is -1.22. The lowest BCUT2D eigenvalue weighted by atomic mass is 9.88. The Morgan fingerprint density at radius 3 is 2.60 bits per heavy atom. The molecule has 0 saturated carbocycles. The van der Waals surface area contributed by atoms with Crippen molar-refractivity contribution in [3.63, 3.8) is 0 Å². The average molecular weight is 207 g/mol. The fraction of sp³-hybridized carbons (Fsp3) is 0.500. The second kappa shape index (κ2) is 4.11. The first kappa shape index (κ1) is 10.3. The van der Waals surface area contributed by atoms with Gasteiger partial charge in [0.05, 0.1) is 0 Å². The highest BCUT2D eigenvalue weighted by Gasteiger charge is 2.19. The van der Waals surface area contributed by atoms with Gasteiger partial charge in [0.2, 0.25) is 0 Å². The van der Waals surface area contributed by atoms with E-state index in [1.807, 2.05) is 0 Å².